The monoisotopic (exact) mass is 83.1 g/mol. The van der Waals surface area contributed by atoms with Crippen molar-refractivity contribution in [2.45, 2.75) is 6.42 Å². The van der Waals surface area contributed by atoms with Crippen LogP contribution in [0.2, 0.25) is 0 Å². The summed E-state index contributed by atoms with van der Waals surface area (Å²) in [6.45, 7) is 4.97. The predicted molar refractivity (Wildman–Crippen MR) is 26.4 cm³/mol. The molecule has 0 spiro atoms. The van der Waals surface area contributed by atoms with Crippen molar-refractivity contribution in [2.24, 2.45) is 0 Å². The van der Waals surface area contributed by atoms with Crippen molar-refractivity contribution in [3.63, 3.8) is 0 Å². The SMILES string of the molecule is C=C1CCN1C. The maximum absolute atomic E-state index is 3.77. The van der Waals surface area contributed by atoms with Gasteiger partial charge in [0.15, 0.2) is 0 Å². The molecule has 1 fully saturated rings. The van der Waals surface area contributed by atoms with E-state index in [0.29, 0.717) is 0 Å². The fraction of sp³-hybridized carbons (Fsp3) is 0.600. The summed E-state index contributed by atoms with van der Waals surface area (Å²) < 4.78 is 0. The predicted octanol–water partition coefficient (Wildman–Crippen LogP) is 0.836. The Balaban J connectivity index is 2.39. The van der Waals surface area contributed by atoms with Gasteiger partial charge in [-0.05, 0) is 0 Å². The molecule has 1 nitrogen and oxygen atoms in total. The normalized spacial score (nSPS) is 20.8. The minimum atomic E-state index is 1.20. The number of hydrogen-bond acceptors (Lipinski definition) is 1. The summed E-state index contributed by atoms with van der Waals surface area (Å²) in [5.74, 6) is 0. The van der Waals surface area contributed by atoms with Crippen LogP contribution in [-0.4, -0.2) is 18.5 Å². The molecule has 0 aromatic carbocycles. The van der Waals surface area contributed by atoms with Crippen molar-refractivity contribution in [1.82, 2.24) is 4.90 Å². The molecule has 0 aromatic rings. The van der Waals surface area contributed by atoms with Crippen LogP contribution in [-0.2, 0) is 0 Å². The molecule has 1 rings (SSSR count). The maximum Gasteiger partial charge on any atom is 0.0226 e. The van der Waals surface area contributed by atoms with E-state index in [1.165, 1.54) is 18.7 Å². The van der Waals surface area contributed by atoms with Crippen LogP contribution >= 0.6 is 0 Å². The number of likely N-dealkylation sites (tertiary alicyclic amines) is 1. The molecule has 0 N–H and O–H groups in total. The molecular formula is C5H9N. The van der Waals surface area contributed by atoms with Crippen LogP contribution in [0.25, 0.3) is 0 Å². The van der Waals surface area contributed by atoms with Crippen molar-refractivity contribution in [1.29, 1.82) is 0 Å². The second-order valence-corrected chi connectivity index (χ2v) is 1.74. The highest BCUT2D eigenvalue weighted by atomic mass is 15.2. The first kappa shape index (κ1) is 3.72. The van der Waals surface area contributed by atoms with Gasteiger partial charge in [-0.1, -0.05) is 6.58 Å². The molecule has 1 aliphatic heterocycles. The Hall–Kier alpha value is -0.460. The zero-order valence-corrected chi connectivity index (χ0v) is 4.07. The average Bonchev–Trinajstić information content (AvgIpc) is 1.61. The Bertz CT molecular complexity index is 76.0. The van der Waals surface area contributed by atoms with E-state index in [4.69, 9.17) is 0 Å². The molecule has 0 amide bonds. The summed E-state index contributed by atoms with van der Waals surface area (Å²) >= 11 is 0. The summed E-state index contributed by atoms with van der Waals surface area (Å²) in [6.07, 6.45) is 1.20. The van der Waals surface area contributed by atoms with Crippen LogP contribution in [0.1, 0.15) is 6.42 Å². The molecule has 1 heterocycles. The summed E-state index contributed by atoms with van der Waals surface area (Å²) in [5.41, 5.74) is 1.27. The maximum atomic E-state index is 3.77. The Morgan fingerprint density at radius 1 is 1.83 bits per heavy atom. The van der Waals surface area contributed by atoms with E-state index in [1.807, 2.05) is 0 Å². The molecule has 6 heavy (non-hydrogen) atoms. The standard InChI is InChI=1S/C5H9N/c1-5-3-4-6(5)2/h1,3-4H2,2H3. The first-order valence-electron chi connectivity index (χ1n) is 2.19. The van der Waals surface area contributed by atoms with Gasteiger partial charge in [0.25, 0.3) is 0 Å². The van der Waals surface area contributed by atoms with Crippen LogP contribution in [0.3, 0.4) is 0 Å². The van der Waals surface area contributed by atoms with E-state index >= 15 is 0 Å². The lowest BCUT2D eigenvalue weighted by Gasteiger charge is -2.31. The van der Waals surface area contributed by atoms with E-state index < -0.39 is 0 Å². The van der Waals surface area contributed by atoms with Crippen molar-refractivity contribution >= 4 is 0 Å². The average molecular weight is 83.1 g/mol. The Kier molecular flexibility index (Phi) is 0.621. The molecule has 0 unspecified atom stereocenters. The molecule has 0 saturated carbocycles. The van der Waals surface area contributed by atoms with Crippen LogP contribution < -0.4 is 0 Å². The van der Waals surface area contributed by atoms with Gasteiger partial charge in [-0.3, -0.25) is 0 Å². The third-order valence-corrected chi connectivity index (χ3v) is 1.28. The molecule has 0 aliphatic carbocycles. The van der Waals surface area contributed by atoms with Crippen molar-refractivity contribution in [3.8, 4) is 0 Å². The lowest BCUT2D eigenvalue weighted by molar-refractivity contribution is 0.315. The molecule has 1 saturated heterocycles. The first-order chi connectivity index (χ1) is 2.80. The van der Waals surface area contributed by atoms with Crippen molar-refractivity contribution in [2.75, 3.05) is 13.6 Å². The minimum Gasteiger partial charge on any atom is -0.378 e. The van der Waals surface area contributed by atoms with Gasteiger partial charge in [-0.25, -0.2) is 0 Å². The smallest absolute Gasteiger partial charge is 0.0226 e. The van der Waals surface area contributed by atoms with E-state index in [1.54, 1.807) is 0 Å². The molecule has 1 aliphatic rings. The summed E-state index contributed by atoms with van der Waals surface area (Å²) in [7, 11) is 2.06. The Morgan fingerprint density at radius 3 is 2.33 bits per heavy atom. The Morgan fingerprint density at radius 2 is 2.33 bits per heavy atom. The molecule has 0 aromatic heterocycles. The fourth-order valence-corrected chi connectivity index (χ4v) is 0.494. The lowest BCUT2D eigenvalue weighted by Crippen LogP contribution is -2.29. The largest absolute Gasteiger partial charge is 0.378 e. The second kappa shape index (κ2) is 1.00. The molecule has 0 radical (unpaired) electrons. The lowest BCUT2D eigenvalue weighted by atomic mass is 10.2. The topological polar surface area (TPSA) is 3.24 Å². The van der Waals surface area contributed by atoms with Gasteiger partial charge in [-0.2, -0.15) is 0 Å². The summed E-state index contributed by atoms with van der Waals surface area (Å²) in [5, 5.41) is 0. The highest BCUT2D eigenvalue weighted by Crippen LogP contribution is 2.14. The van der Waals surface area contributed by atoms with Gasteiger partial charge in [0.1, 0.15) is 0 Å². The van der Waals surface area contributed by atoms with Gasteiger partial charge in [0.2, 0.25) is 0 Å². The van der Waals surface area contributed by atoms with E-state index in [2.05, 4.69) is 18.5 Å². The van der Waals surface area contributed by atoms with E-state index in [0.717, 1.165) is 0 Å². The van der Waals surface area contributed by atoms with Crippen LogP contribution in [0.4, 0.5) is 0 Å². The zero-order valence-electron chi connectivity index (χ0n) is 4.07. The van der Waals surface area contributed by atoms with Gasteiger partial charge in [0.05, 0.1) is 0 Å². The number of hydrogen-bond donors (Lipinski definition) is 0. The third kappa shape index (κ3) is 0.313. The fourth-order valence-electron chi connectivity index (χ4n) is 0.494. The first-order valence-corrected chi connectivity index (χ1v) is 2.19. The van der Waals surface area contributed by atoms with Gasteiger partial charge in [-0.15, -0.1) is 0 Å². The molecule has 0 bridgehead atoms. The van der Waals surface area contributed by atoms with Crippen LogP contribution in [0, 0.1) is 0 Å². The molecule has 0 atom stereocenters. The quantitative estimate of drug-likeness (QED) is 0.419. The number of rotatable bonds is 0. The highest BCUT2D eigenvalue weighted by molar-refractivity contribution is 5.01. The van der Waals surface area contributed by atoms with Gasteiger partial charge >= 0.3 is 0 Å². The zero-order chi connectivity index (χ0) is 4.57. The minimum absolute atomic E-state index is 1.20. The Labute approximate surface area is 38.3 Å². The summed E-state index contributed by atoms with van der Waals surface area (Å²) in [4.78, 5) is 2.15. The second-order valence-electron chi connectivity index (χ2n) is 1.74. The van der Waals surface area contributed by atoms with E-state index in [9.17, 15) is 0 Å². The third-order valence-electron chi connectivity index (χ3n) is 1.28. The van der Waals surface area contributed by atoms with Crippen LogP contribution in [0.15, 0.2) is 12.3 Å². The molecular weight excluding hydrogens is 74.1 g/mol. The van der Waals surface area contributed by atoms with Crippen molar-refractivity contribution in [3.05, 3.63) is 12.3 Å². The van der Waals surface area contributed by atoms with E-state index in [-0.39, 0.29) is 0 Å². The highest BCUT2D eigenvalue weighted by Gasteiger charge is 2.10. The molecule has 1 heteroatoms. The number of nitrogens with zero attached hydrogens (tertiary/aromatic N) is 1. The summed E-state index contributed by atoms with van der Waals surface area (Å²) in [6, 6.07) is 0. The van der Waals surface area contributed by atoms with Crippen LogP contribution in [0.5, 0.6) is 0 Å². The molecule has 34 valence electrons. The van der Waals surface area contributed by atoms with Crippen molar-refractivity contribution < 1.29 is 0 Å². The van der Waals surface area contributed by atoms with Gasteiger partial charge < -0.3 is 4.90 Å². The van der Waals surface area contributed by atoms with Gasteiger partial charge in [0, 0.05) is 25.7 Å².